The zero-order chi connectivity index (χ0) is 12.3. The smallest absolute Gasteiger partial charge is 0.209 e. The van der Waals surface area contributed by atoms with Gasteiger partial charge in [-0.1, -0.05) is 6.92 Å². The summed E-state index contributed by atoms with van der Waals surface area (Å²) < 4.78 is 7.97. The van der Waals surface area contributed by atoms with Crippen LogP contribution in [0.3, 0.4) is 0 Å². The van der Waals surface area contributed by atoms with Gasteiger partial charge in [0.1, 0.15) is 5.82 Å². The lowest BCUT2D eigenvalue weighted by molar-refractivity contribution is 0.121. The predicted molar refractivity (Wildman–Crippen MR) is 68.9 cm³/mol. The molecule has 0 N–H and O–H groups in total. The van der Waals surface area contributed by atoms with Crippen LogP contribution < -0.4 is 4.90 Å². The summed E-state index contributed by atoms with van der Waals surface area (Å²) in [6.07, 6.45) is 0.811. The van der Waals surface area contributed by atoms with Gasteiger partial charge in [-0.05, 0) is 19.1 Å². The zero-order valence-corrected chi connectivity index (χ0v) is 11.2. The molecule has 94 valence electrons. The fourth-order valence-electron chi connectivity index (χ4n) is 1.90. The van der Waals surface area contributed by atoms with E-state index in [1.165, 1.54) is 0 Å². The third kappa shape index (κ3) is 2.63. The first kappa shape index (κ1) is 12.4. The molecular weight excluding hydrogens is 236 g/mol. The second-order valence-corrected chi connectivity index (χ2v) is 4.28. The van der Waals surface area contributed by atoms with Crippen molar-refractivity contribution in [3.63, 3.8) is 0 Å². The minimum absolute atomic E-state index is 0.626. The van der Waals surface area contributed by atoms with E-state index in [0.29, 0.717) is 4.77 Å². The van der Waals surface area contributed by atoms with Crippen molar-refractivity contribution in [1.82, 2.24) is 14.5 Å². The first-order chi connectivity index (χ1) is 8.26. The minimum atomic E-state index is 0.626. The van der Waals surface area contributed by atoms with E-state index >= 15 is 0 Å². The van der Waals surface area contributed by atoms with Crippen molar-refractivity contribution in [2.75, 3.05) is 31.2 Å². The fraction of sp³-hybridized carbons (Fsp3) is 0.727. The summed E-state index contributed by atoms with van der Waals surface area (Å²) in [6, 6.07) is 0. The van der Waals surface area contributed by atoms with Crippen LogP contribution >= 0.6 is 12.2 Å². The van der Waals surface area contributed by atoms with Crippen LogP contribution in [0.1, 0.15) is 19.7 Å². The van der Waals surface area contributed by atoms with Crippen LogP contribution in [0.5, 0.6) is 0 Å². The van der Waals surface area contributed by atoms with E-state index in [2.05, 4.69) is 21.8 Å². The number of rotatable bonds is 3. The van der Waals surface area contributed by atoms with Gasteiger partial charge in [0.25, 0.3) is 0 Å². The second-order valence-electron chi connectivity index (χ2n) is 3.92. The van der Waals surface area contributed by atoms with Crippen LogP contribution in [-0.4, -0.2) is 40.8 Å². The fourth-order valence-corrected chi connectivity index (χ4v) is 2.21. The molecule has 2 rings (SSSR count). The quantitative estimate of drug-likeness (QED) is 0.763. The zero-order valence-electron chi connectivity index (χ0n) is 10.3. The Balaban J connectivity index is 2.41. The molecule has 1 aromatic rings. The third-order valence-electron chi connectivity index (χ3n) is 2.85. The van der Waals surface area contributed by atoms with E-state index in [4.69, 9.17) is 17.0 Å². The topological polar surface area (TPSA) is 43.2 Å². The van der Waals surface area contributed by atoms with E-state index < -0.39 is 0 Å². The second kappa shape index (κ2) is 5.55. The third-order valence-corrected chi connectivity index (χ3v) is 3.16. The van der Waals surface area contributed by atoms with Gasteiger partial charge in [-0.2, -0.15) is 4.98 Å². The molecule has 0 spiro atoms. The number of nitrogens with zero attached hydrogens (tertiary/aromatic N) is 4. The van der Waals surface area contributed by atoms with Crippen molar-refractivity contribution in [1.29, 1.82) is 0 Å². The highest BCUT2D eigenvalue weighted by Crippen LogP contribution is 2.14. The molecule has 0 saturated carbocycles. The van der Waals surface area contributed by atoms with Gasteiger partial charge >= 0.3 is 0 Å². The van der Waals surface area contributed by atoms with Crippen molar-refractivity contribution >= 4 is 18.2 Å². The molecule has 1 fully saturated rings. The average molecular weight is 254 g/mol. The Bertz CT molecular complexity index is 440. The van der Waals surface area contributed by atoms with Gasteiger partial charge in [-0.3, -0.25) is 4.57 Å². The summed E-state index contributed by atoms with van der Waals surface area (Å²) in [4.78, 5) is 11.2. The molecule has 0 unspecified atom stereocenters. The van der Waals surface area contributed by atoms with Crippen LogP contribution in [0, 0.1) is 4.77 Å². The number of hydrogen-bond acceptors (Lipinski definition) is 5. The Kier molecular flexibility index (Phi) is 4.06. The van der Waals surface area contributed by atoms with Crippen LogP contribution in [-0.2, 0) is 17.7 Å². The number of aryl methyl sites for hydroxylation is 1. The summed E-state index contributed by atoms with van der Waals surface area (Å²) in [5.74, 6) is 1.76. The van der Waals surface area contributed by atoms with Gasteiger partial charge in [0.15, 0.2) is 0 Å². The summed E-state index contributed by atoms with van der Waals surface area (Å²) in [5, 5.41) is 0. The summed E-state index contributed by atoms with van der Waals surface area (Å²) in [6.45, 7) is 8.15. The molecule has 0 amide bonds. The largest absolute Gasteiger partial charge is 0.378 e. The lowest BCUT2D eigenvalue weighted by atomic mass is 10.4. The molecule has 17 heavy (non-hydrogen) atoms. The van der Waals surface area contributed by atoms with Gasteiger partial charge in [0, 0.05) is 26.1 Å². The lowest BCUT2D eigenvalue weighted by Gasteiger charge is -2.29. The SMILES string of the molecule is CCc1nc(N2CCOCC2)n(CC)c(=S)n1. The monoisotopic (exact) mass is 254 g/mol. The molecular formula is C11H18N4OS. The molecule has 1 saturated heterocycles. The molecule has 0 bridgehead atoms. The first-order valence-corrected chi connectivity index (χ1v) is 6.47. The standard InChI is InChI=1S/C11H18N4OS/c1-3-9-12-10(14-5-7-16-8-6-14)15(4-2)11(17)13-9/h3-8H2,1-2H3. The van der Waals surface area contributed by atoms with E-state index in [1.807, 2.05) is 11.5 Å². The average Bonchev–Trinajstić information content (AvgIpc) is 2.38. The van der Waals surface area contributed by atoms with Crippen LogP contribution in [0.2, 0.25) is 0 Å². The maximum Gasteiger partial charge on any atom is 0.209 e. The van der Waals surface area contributed by atoms with E-state index in [1.54, 1.807) is 0 Å². The lowest BCUT2D eigenvalue weighted by Crippen LogP contribution is -2.39. The number of anilines is 1. The highest BCUT2D eigenvalue weighted by molar-refractivity contribution is 7.71. The summed E-state index contributed by atoms with van der Waals surface area (Å²) >= 11 is 5.32. The first-order valence-electron chi connectivity index (χ1n) is 6.06. The molecule has 0 aromatic carbocycles. The van der Waals surface area contributed by atoms with Crippen LogP contribution in [0.4, 0.5) is 5.95 Å². The van der Waals surface area contributed by atoms with Crippen LogP contribution in [0.15, 0.2) is 0 Å². The van der Waals surface area contributed by atoms with Crippen molar-refractivity contribution in [3.8, 4) is 0 Å². The molecule has 1 aliphatic heterocycles. The highest BCUT2D eigenvalue weighted by Gasteiger charge is 2.16. The molecule has 0 atom stereocenters. The van der Waals surface area contributed by atoms with Gasteiger partial charge in [0.2, 0.25) is 10.7 Å². The van der Waals surface area contributed by atoms with Crippen molar-refractivity contribution in [2.45, 2.75) is 26.8 Å². The predicted octanol–water partition coefficient (Wildman–Crippen LogP) is 1.43. The van der Waals surface area contributed by atoms with Crippen LogP contribution in [0.25, 0.3) is 0 Å². The molecule has 0 radical (unpaired) electrons. The van der Waals surface area contributed by atoms with Gasteiger partial charge in [0.05, 0.1) is 13.2 Å². The number of hydrogen-bond donors (Lipinski definition) is 0. The van der Waals surface area contributed by atoms with E-state index in [9.17, 15) is 0 Å². The Morgan fingerprint density at radius 2 is 1.94 bits per heavy atom. The summed E-state index contributed by atoms with van der Waals surface area (Å²) in [7, 11) is 0. The van der Waals surface area contributed by atoms with Gasteiger partial charge < -0.3 is 9.64 Å². The molecule has 2 heterocycles. The Labute approximate surface area is 106 Å². The number of morpholine rings is 1. The van der Waals surface area contributed by atoms with Crippen molar-refractivity contribution in [3.05, 3.63) is 10.6 Å². The molecule has 1 aliphatic rings. The molecule has 0 aliphatic carbocycles. The molecule has 5 nitrogen and oxygen atoms in total. The maximum absolute atomic E-state index is 5.36. The summed E-state index contributed by atoms with van der Waals surface area (Å²) in [5.41, 5.74) is 0. The van der Waals surface area contributed by atoms with E-state index in [0.717, 1.165) is 51.0 Å². The number of ether oxygens (including phenoxy) is 1. The number of aromatic nitrogens is 3. The normalized spacial score (nSPS) is 16.2. The van der Waals surface area contributed by atoms with Gasteiger partial charge in [-0.25, -0.2) is 4.98 Å². The van der Waals surface area contributed by atoms with E-state index in [-0.39, 0.29) is 0 Å². The van der Waals surface area contributed by atoms with Gasteiger partial charge in [-0.15, -0.1) is 0 Å². The Morgan fingerprint density at radius 1 is 1.24 bits per heavy atom. The Morgan fingerprint density at radius 3 is 2.53 bits per heavy atom. The maximum atomic E-state index is 5.36. The highest BCUT2D eigenvalue weighted by atomic mass is 32.1. The minimum Gasteiger partial charge on any atom is -0.378 e. The Hall–Kier alpha value is -1.01. The molecule has 1 aromatic heterocycles. The molecule has 6 heteroatoms. The van der Waals surface area contributed by atoms with Crippen molar-refractivity contribution in [2.24, 2.45) is 0 Å². The van der Waals surface area contributed by atoms with Crippen molar-refractivity contribution < 1.29 is 4.74 Å².